The van der Waals surface area contributed by atoms with E-state index in [1.165, 1.54) is 54.6 Å². The predicted octanol–water partition coefficient (Wildman–Crippen LogP) is 9.28. The van der Waals surface area contributed by atoms with Crippen molar-refractivity contribution in [1.29, 1.82) is 0 Å². The lowest BCUT2D eigenvalue weighted by molar-refractivity contribution is 0.834. The Hall–Kier alpha value is -4.69. The van der Waals surface area contributed by atoms with Gasteiger partial charge in [0, 0.05) is 16.8 Å². The van der Waals surface area contributed by atoms with Gasteiger partial charge in [0.15, 0.2) is 0 Å². The first kappa shape index (κ1) is 21.6. The number of fused-ring (bicyclic) bond motifs is 3. The molecule has 1 heterocycles. The fourth-order valence-electron chi connectivity index (χ4n) is 5.88. The molecule has 1 aromatic heterocycles. The smallest absolute Gasteiger partial charge is 0.0679 e. The summed E-state index contributed by atoms with van der Waals surface area (Å²) in [6.07, 6.45) is 0. The minimum atomic E-state index is 1.04. The zero-order valence-electron chi connectivity index (χ0n) is 20.9. The molecule has 7 aromatic rings. The Kier molecular flexibility index (Phi) is 4.93. The molecule has 6 aromatic carbocycles. The quantitative estimate of drug-likeness (QED) is 0.233. The summed E-state index contributed by atoms with van der Waals surface area (Å²) in [4.78, 5) is 0. The largest absolute Gasteiger partial charge is 0.237 e. The van der Waals surface area contributed by atoms with Crippen LogP contribution in [-0.4, -0.2) is 9.78 Å². The van der Waals surface area contributed by atoms with Crippen molar-refractivity contribution < 1.29 is 0 Å². The van der Waals surface area contributed by atoms with E-state index < -0.39 is 0 Å². The highest BCUT2D eigenvalue weighted by Gasteiger charge is 2.22. The Morgan fingerprint density at radius 1 is 0.486 bits per heavy atom. The number of aryl methyl sites for hydroxylation is 1. The van der Waals surface area contributed by atoms with Crippen molar-refractivity contribution in [2.45, 2.75) is 13.8 Å². The van der Waals surface area contributed by atoms with Crippen LogP contribution in [0.1, 0.15) is 11.4 Å². The number of hydrogen-bond acceptors (Lipinski definition) is 1. The van der Waals surface area contributed by atoms with Crippen molar-refractivity contribution in [3.63, 3.8) is 0 Å². The van der Waals surface area contributed by atoms with Crippen LogP contribution >= 0.6 is 0 Å². The summed E-state index contributed by atoms with van der Waals surface area (Å²) in [6.45, 7) is 4.31. The highest BCUT2D eigenvalue weighted by molar-refractivity contribution is 6.22. The standard InChI is InChI=1S/C35H26N2/c1-23-33(24(2)37(36-23)28-14-4-3-5-15-28)35-31-18-10-8-16-29(31)34(30-17-9-11-19-32(30)35)27-21-20-25-12-6-7-13-26(25)22-27/h3-22H,1-2H3. The molecular formula is C35H26N2. The lowest BCUT2D eigenvalue weighted by Gasteiger charge is -2.18. The van der Waals surface area contributed by atoms with E-state index in [-0.39, 0.29) is 0 Å². The summed E-state index contributed by atoms with van der Waals surface area (Å²) < 4.78 is 2.07. The highest BCUT2D eigenvalue weighted by atomic mass is 15.3. The van der Waals surface area contributed by atoms with Gasteiger partial charge in [-0.25, -0.2) is 4.68 Å². The normalized spacial score (nSPS) is 11.5. The third-order valence-electron chi connectivity index (χ3n) is 7.51. The zero-order valence-corrected chi connectivity index (χ0v) is 20.9. The van der Waals surface area contributed by atoms with Gasteiger partial charge in [-0.1, -0.05) is 103 Å². The van der Waals surface area contributed by atoms with Crippen LogP contribution in [0.25, 0.3) is 60.3 Å². The number of aromatic nitrogens is 2. The van der Waals surface area contributed by atoms with Gasteiger partial charge in [0.1, 0.15) is 0 Å². The fraction of sp³-hybridized carbons (Fsp3) is 0.0571. The van der Waals surface area contributed by atoms with E-state index in [4.69, 9.17) is 5.10 Å². The minimum absolute atomic E-state index is 1.04. The molecule has 0 unspecified atom stereocenters. The summed E-state index contributed by atoms with van der Waals surface area (Å²) >= 11 is 0. The van der Waals surface area contributed by atoms with Crippen LogP contribution in [0.15, 0.2) is 121 Å². The average molecular weight is 475 g/mol. The SMILES string of the molecule is Cc1nn(-c2ccccc2)c(C)c1-c1c2ccccc2c(-c2ccc3ccccc3c2)c2ccccc12. The fourth-order valence-corrected chi connectivity index (χ4v) is 5.88. The summed E-state index contributed by atoms with van der Waals surface area (Å²) in [5, 5.41) is 12.5. The lowest BCUT2D eigenvalue weighted by atomic mass is 9.85. The van der Waals surface area contributed by atoms with Gasteiger partial charge in [-0.05, 0) is 75.5 Å². The van der Waals surface area contributed by atoms with Crippen molar-refractivity contribution in [3.8, 4) is 27.9 Å². The summed E-state index contributed by atoms with van der Waals surface area (Å²) in [5.41, 5.74) is 8.26. The Bertz CT molecular complexity index is 1890. The summed E-state index contributed by atoms with van der Waals surface area (Å²) in [6, 6.07) is 43.5. The molecule has 0 bridgehead atoms. The average Bonchev–Trinajstić information content (AvgIpc) is 3.25. The van der Waals surface area contributed by atoms with E-state index >= 15 is 0 Å². The number of hydrogen-bond donors (Lipinski definition) is 0. The number of benzene rings is 6. The van der Waals surface area contributed by atoms with Crippen LogP contribution in [-0.2, 0) is 0 Å². The van der Waals surface area contributed by atoms with Gasteiger partial charge in [0.25, 0.3) is 0 Å². The van der Waals surface area contributed by atoms with Crippen LogP contribution < -0.4 is 0 Å². The van der Waals surface area contributed by atoms with Crippen molar-refractivity contribution in [3.05, 3.63) is 133 Å². The molecule has 0 spiro atoms. The van der Waals surface area contributed by atoms with Crippen LogP contribution in [0.2, 0.25) is 0 Å². The van der Waals surface area contributed by atoms with Crippen LogP contribution in [0, 0.1) is 13.8 Å². The molecule has 0 aliphatic carbocycles. The molecule has 0 radical (unpaired) electrons. The van der Waals surface area contributed by atoms with Crippen LogP contribution in [0.3, 0.4) is 0 Å². The van der Waals surface area contributed by atoms with E-state index in [2.05, 4.69) is 134 Å². The molecule has 37 heavy (non-hydrogen) atoms. The molecule has 0 saturated heterocycles. The molecular weight excluding hydrogens is 448 g/mol. The maximum Gasteiger partial charge on any atom is 0.0679 e. The Morgan fingerprint density at radius 3 is 1.68 bits per heavy atom. The first-order chi connectivity index (χ1) is 18.2. The van der Waals surface area contributed by atoms with Crippen LogP contribution in [0.4, 0.5) is 0 Å². The lowest BCUT2D eigenvalue weighted by Crippen LogP contribution is -1.98. The molecule has 0 aliphatic rings. The number of nitrogens with zero attached hydrogens (tertiary/aromatic N) is 2. The van der Waals surface area contributed by atoms with Gasteiger partial charge < -0.3 is 0 Å². The summed E-state index contributed by atoms with van der Waals surface area (Å²) in [5.74, 6) is 0. The second kappa shape index (κ2) is 8.46. The van der Waals surface area contributed by atoms with Gasteiger partial charge in [0.05, 0.1) is 11.4 Å². The highest BCUT2D eigenvalue weighted by Crippen LogP contribution is 2.45. The molecule has 0 atom stereocenters. The number of para-hydroxylation sites is 1. The van der Waals surface area contributed by atoms with Crippen molar-refractivity contribution >= 4 is 32.3 Å². The van der Waals surface area contributed by atoms with Gasteiger partial charge in [-0.2, -0.15) is 5.10 Å². The zero-order chi connectivity index (χ0) is 24.9. The Morgan fingerprint density at radius 2 is 1.03 bits per heavy atom. The van der Waals surface area contributed by atoms with Crippen molar-refractivity contribution in [2.24, 2.45) is 0 Å². The van der Waals surface area contributed by atoms with Crippen molar-refractivity contribution in [1.82, 2.24) is 9.78 Å². The molecule has 0 fully saturated rings. The van der Waals surface area contributed by atoms with Gasteiger partial charge in [-0.15, -0.1) is 0 Å². The first-order valence-corrected chi connectivity index (χ1v) is 12.8. The van der Waals surface area contributed by atoms with Gasteiger partial charge >= 0.3 is 0 Å². The predicted molar refractivity (Wildman–Crippen MR) is 156 cm³/mol. The molecule has 176 valence electrons. The van der Waals surface area contributed by atoms with Crippen LogP contribution in [0.5, 0.6) is 0 Å². The first-order valence-electron chi connectivity index (χ1n) is 12.8. The molecule has 0 saturated carbocycles. The minimum Gasteiger partial charge on any atom is -0.237 e. The molecule has 0 aliphatic heterocycles. The third-order valence-corrected chi connectivity index (χ3v) is 7.51. The van der Waals surface area contributed by atoms with E-state index in [0.29, 0.717) is 0 Å². The Balaban J connectivity index is 1.59. The third kappa shape index (κ3) is 3.37. The van der Waals surface area contributed by atoms with Gasteiger partial charge in [0.2, 0.25) is 0 Å². The molecule has 2 nitrogen and oxygen atoms in total. The van der Waals surface area contributed by atoms with Crippen molar-refractivity contribution in [2.75, 3.05) is 0 Å². The molecule has 7 rings (SSSR count). The molecule has 2 heteroatoms. The maximum absolute atomic E-state index is 5.00. The second-order valence-electron chi connectivity index (χ2n) is 9.70. The van der Waals surface area contributed by atoms with E-state index in [1.807, 2.05) is 6.07 Å². The Labute approximate surface area is 216 Å². The second-order valence-corrected chi connectivity index (χ2v) is 9.70. The van der Waals surface area contributed by atoms with E-state index in [0.717, 1.165) is 17.1 Å². The molecule has 0 amide bonds. The topological polar surface area (TPSA) is 17.8 Å². The maximum atomic E-state index is 5.00. The monoisotopic (exact) mass is 474 g/mol. The molecule has 0 N–H and O–H groups in total. The van der Waals surface area contributed by atoms with E-state index in [9.17, 15) is 0 Å². The van der Waals surface area contributed by atoms with E-state index in [1.54, 1.807) is 0 Å². The van der Waals surface area contributed by atoms with Gasteiger partial charge in [-0.3, -0.25) is 0 Å². The number of rotatable bonds is 3. The summed E-state index contributed by atoms with van der Waals surface area (Å²) in [7, 11) is 0.